The van der Waals surface area contributed by atoms with Crippen molar-refractivity contribution in [2.45, 2.75) is 31.7 Å². The molecular formula is C17H19N3O2S. The third-order valence-electron chi connectivity index (χ3n) is 3.85. The zero-order valence-electron chi connectivity index (χ0n) is 12.7. The van der Waals surface area contributed by atoms with E-state index in [1.807, 2.05) is 18.2 Å². The van der Waals surface area contributed by atoms with Gasteiger partial charge in [0.05, 0.1) is 5.01 Å². The van der Waals surface area contributed by atoms with Gasteiger partial charge in [0.2, 0.25) is 5.91 Å². The molecule has 1 aromatic heterocycles. The van der Waals surface area contributed by atoms with Crippen LogP contribution in [0.1, 0.15) is 33.9 Å². The van der Waals surface area contributed by atoms with Crippen molar-refractivity contribution in [2.24, 2.45) is 0 Å². The molecule has 0 saturated carbocycles. The molecule has 0 unspecified atom stereocenters. The van der Waals surface area contributed by atoms with Crippen molar-refractivity contribution in [2.75, 3.05) is 6.54 Å². The number of thiazole rings is 1. The standard InChI is InChI=1S/C17H19N3O2S/c21-16-13(7-4-10-18-16)20-17(22)14-11-23-15(19-14)9-8-12-5-2-1-3-6-12/h1-3,5-6,11,13H,4,7-10H2,(H,18,21)(H,20,22)/t13-/m1/s1. The van der Waals surface area contributed by atoms with Gasteiger partial charge in [-0.05, 0) is 24.8 Å². The number of carbonyl (C=O) groups excluding carboxylic acids is 2. The van der Waals surface area contributed by atoms with E-state index in [0.29, 0.717) is 18.7 Å². The second-order valence-corrected chi connectivity index (χ2v) is 6.51. The van der Waals surface area contributed by atoms with E-state index in [0.717, 1.165) is 24.3 Å². The molecule has 6 heteroatoms. The number of rotatable bonds is 5. The number of amides is 2. The Hall–Kier alpha value is -2.21. The molecule has 2 amide bonds. The van der Waals surface area contributed by atoms with Gasteiger partial charge in [0, 0.05) is 18.3 Å². The Kier molecular flexibility index (Phi) is 5.02. The second-order valence-electron chi connectivity index (χ2n) is 5.57. The van der Waals surface area contributed by atoms with Crippen molar-refractivity contribution >= 4 is 23.2 Å². The minimum Gasteiger partial charge on any atom is -0.354 e. The summed E-state index contributed by atoms with van der Waals surface area (Å²) in [5.74, 6) is -0.376. The summed E-state index contributed by atoms with van der Waals surface area (Å²) in [6, 6.07) is 9.77. The predicted octanol–water partition coefficient (Wildman–Crippen LogP) is 1.94. The van der Waals surface area contributed by atoms with Crippen LogP contribution in [0.2, 0.25) is 0 Å². The highest BCUT2D eigenvalue weighted by Crippen LogP contribution is 2.14. The van der Waals surface area contributed by atoms with Gasteiger partial charge in [0.25, 0.3) is 5.91 Å². The molecule has 120 valence electrons. The molecule has 3 rings (SSSR count). The zero-order valence-corrected chi connectivity index (χ0v) is 13.6. The normalized spacial score (nSPS) is 17.6. The van der Waals surface area contributed by atoms with Crippen LogP contribution in [0.15, 0.2) is 35.7 Å². The van der Waals surface area contributed by atoms with Crippen LogP contribution < -0.4 is 10.6 Å². The van der Waals surface area contributed by atoms with E-state index in [1.54, 1.807) is 5.38 Å². The summed E-state index contributed by atoms with van der Waals surface area (Å²) in [5, 5.41) is 8.22. The first-order valence-corrected chi connectivity index (χ1v) is 8.67. The molecule has 1 atom stereocenters. The lowest BCUT2D eigenvalue weighted by Crippen LogP contribution is -2.50. The van der Waals surface area contributed by atoms with Crippen LogP contribution in [0.25, 0.3) is 0 Å². The van der Waals surface area contributed by atoms with Crippen LogP contribution in [-0.2, 0) is 17.6 Å². The van der Waals surface area contributed by atoms with E-state index < -0.39 is 6.04 Å². The first kappa shape index (κ1) is 15.7. The maximum Gasteiger partial charge on any atom is 0.271 e. The molecule has 1 fully saturated rings. The van der Waals surface area contributed by atoms with Crippen LogP contribution in [0.3, 0.4) is 0 Å². The third kappa shape index (κ3) is 4.16. The average Bonchev–Trinajstić information content (AvgIpc) is 3.05. The van der Waals surface area contributed by atoms with E-state index in [-0.39, 0.29) is 11.8 Å². The van der Waals surface area contributed by atoms with E-state index in [2.05, 4.69) is 27.8 Å². The minimum absolute atomic E-state index is 0.107. The van der Waals surface area contributed by atoms with Crippen LogP contribution in [0, 0.1) is 0 Å². The van der Waals surface area contributed by atoms with E-state index in [9.17, 15) is 9.59 Å². The summed E-state index contributed by atoms with van der Waals surface area (Å²) in [4.78, 5) is 28.3. The maximum absolute atomic E-state index is 12.2. The summed E-state index contributed by atoms with van der Waals surface area (Å²) in [6.45, 7) is 0.686. The molecule has 23 heavy (non-hydrogen) atoms. The Morgan fingerprint density at radius 2 is 2.13 bits per heavy atom. The Labute approximate surface area is 139 Å². The number of nitrogens with one attached hydrogen (secondary N) is 2. The van der Waals surface area contributed by atoms with E-state index >= 15 is 0 Å². The SMILES string of the molecule is O=C(N[C@@H]1CCCNC1=O)c1csc(CCc2ccccc2)n1. The van der Waals surface area contributed by atoms with Crippen LogP contribution in [0.5, 0.6) is 0 Å². The lowest BCUT2D eigenvalue weighted by molar-refractivity contribution is -0.124. The number of aromatic nitrogens is 1. The number of hydrogen-bond acceptors (Lipinski definition) is 4. The molecule has 1 aliphatic heterocycles. The van der Waals surface area contributed by atoms with Gasteiger partial charge >= 0.3 is 0 Å². The molecule has 5 nitrogen and oxygen atoms in total. The summed E-state index contributed by atoms with van der Waals surface area (Å²) in [6.07, 6.45) is 3.28. The summed E-state index contributed by atoms with van der Waals surface area (Å²) in [5.41, 5.74) is 1.66. The van der Waals surface area contributed by atoms with Crippen molar-refractivity contribution in [3.8, 4) is 0 Å². The lowest BCUT2D eigenvalue weighted by Gasteiger charge is -2.22. The molecule has 0 aliphatic carbocycles. The topological polar surface area (TPSA) is 71.1 Å². The number of nitrogens with zero attached hydrogens (tertiary/aromatic N) is 1. The molecular weight excluding hydrogens is 310 g/mol. The summed E-state index contributed by atoms with van der Waals surface area (Å²) < 4.78 is 0. The van der Waals surface area contributed by atoms with Crippen LogP contribution >= 0.6 is 11.3 Å². The van der Waals surface area contributed by atoms with Gasteiger partial charge in [-0.15, -0.1) is 11.3 Å². The van der Waals surface area contributed by atoms with Crippen LogP contribution in [0.4, 0.5) is 0 Å². The lowest BCUT2D eigenvalue weighted by atomic mass is 10.1. The smallest absolute Gasteiger partial charge is 0.271 e. The van der Waals surface area contributed by atoms with Gasteiger partial charge in [-0.2, -0.15) is 0 Å². The van der Waals surface area contributed by atoms with Crippen molar-refractivity contribution in [1.29, 1.82) is 0 Å². The fourth-order valence-electron chi connectivity index (χ4n) is 2.57. The first-order valence-electron chi connectivity index (χ1n) is 7.79. The number of piperidine rings is 1. The van der Waals surface area contributed by atoms with Crippen molar-refractivity contribution in [3.63, 3.8) is 0 Å². The monoisotopic (exact) mass is 329 g/mol. The van der Waals surface area contributed by atoms with Crippen LogP contribution in [-0.4, -0.2) is 29.4 Å². The Bertz CT molecular complexity index is 684. The van der Waals surface area contributed by atoms with Gasteiger partial charge in [-0.1, -0.05) is 30.3 Å². The fourth-order valence-corrected chi connectivity index (χ4v) is 3.35. The second kappa shape index (κ2) is 7.37. The fraction of sp³-hybridized carbons (Fsp3) is 0.353. The highest BCUT2D eigenvalue weighted by Gasteiger charge is 2.24. The molecule has 1 saturated heterocycles. The number of carbonyl (C=O) groups is 2. The highest BCUT2D eigenvalue weighted by atomic mass is 32.1. The van der Waals surface area contributed by atoms with Gasteiger partial charge < -0.3 is 10.6 Å². The Morgan fingerprint density at radius 1 is 1.30 bits per heavy atom. The van der Waals surface area contributed by atoms with Gasteiger partial charge in [-0.25, -0.2) is 4.98 Å². The quantitative estimate of drug-likeness (QED) is 0.880. The predicted molar refractivity (Wildman–Crippen MR) is 89.5 cm³/mol. The van der Waals surface area contributed by atoms with E-state index in [1.165, 1.54) is 16.9 Å². The first-order chi connectivity index (χ1) is 11.2. The molecule has 0 radical (unpaired) electrons. The van der Waals surface area contributed by atoms with Gasteiger partial charge in [-0.3, -0.25) is 9.59 Å². The maximum atomic E-state index is 12.2. The van der Waals surface area contributed by atoms with E-state index in [4.69, 9.17) is 0 Å². The number of aryl methyl sites for hydroxylation is 2. The van der Waals surface area contributed by atoms with Gasteiger partial charge in [0.15, 0.2) is 0 Å². The Balaban J connectivity index is 1.55. The molecule has 1 aromatic carbocycles. The molecule has 0 bridgehead atoms. The highest BCUT2D eigenvalue weighted by molar-refractivity contribution is 7.09. The van der Waals surface area contributed by atoms with Crippen molar-refractivity contribution in [3.05, 3.63) is 52.0 Å². The molecule has 0 spiro atoms. The Morgan fingerprint density at radius 3 is 2.91 bits per heavy atom. The van der Waals surface area contributed by atoms with Crippen molar-refractivity contribution in [1.82, 2.24) is 15.6 Å². The molecule has 1 aliphatic rings. The molecule has 2 N–H and O–H groups in total. The minimum atomic E-state index is -0.439. The largest absolute Gasteiger partial charge is 0.354 e. The van der Waals surface area contributed by atoms with Gasteiger partial charge in [0.1, 0.15) is 11.7 Å². The zero-order chi connectivity index (χ0) is 16.1. The molecule has 2 heterocycles. The number of hydrogen-bond donors (Lipinski definition) is 2. The van der Waals surface area contributed by atoms with Crippen molar-refractivity contribution < 1.29 is 9.59 Å². The third-order valence-corrected chi connectivity index (χ3v) is 4.75. The summed E-state index contributed by atoms with van der Waals surface area (Å²) in [7, 11) is 0. The number of benzene rings is 1. The average molecular weight is 329 g/mol. The molecule has 2 aromatic rings. The summed E-state index contributed by atoms with van der Waals surface area (Å²) >= 11 is 1.49.